The highest BCUT2D eigenvalue weighted by Gasteiger charge is 2.09. The van der Waals surface area contributed by atoms with E-state index in [0.29, 0.717) is 0 Å². The van der Waals surface area contributed by atoms with Gasteiger partial charge in [0, 0.05) is 0 Å². The molecule has 2 rings (SSSR count). The lowest BCUT2D eigenvalue weighted by Gasteiger charge is -2.03. The number of benzene rings is 1. The molecule has 0 bridgehead atoms. The van der Waals surface area contributed by atoms with Crippen LogP contribution >= 0.6 is 0 Å². The minimum Gasteiger partial charge on any atom is -0.444 e. The summed E-state index contributed by atoms with van der Waals surface area (Å²) in [6.45, 7) is -0.235. The first-order chi connectivity index (χ1) is 8.78. The number of hydrogen-bond acceptors (Lipinski definition) is 6. The summed E-state index contributed by atoms with van der Waals surface area (Å²) in [6, 6.07) is 9.13. The Hall–Kier alpha value is -2.41. The van der Waals surface area contributed by atoms with Gasteiger partial charge in [-0.3, -0.25) is 0 Å². The van der Waals surface area contributed by atoms with Crippen LogP contribution in [-0.4, -0.2) is 21.4 Å². The largest absolute Gasteiger partial charge is 0.444 e. The van der Waals surface area contributed by atoms with Crippen LogP contribution in [0.3, 0.4) is 0 Å². The molecule has 1 aromatic heterocycles. The van der Waals surface area contributed by atoms with Gasteiger partial charge < -0.3 is 14.3 Å². The van der Waals surface area contributed by atoms with Gasteiger partial charge in [0.1, 0.15) is 13.2 Å². The lowest BCUT2D eigenvalue weighted by molar-refractivity contribution is 0.154. The number of anilines is 1. The van der Waals surface area contributed by atoms with Crippen LogP contribution in [0, 0.1) is 0 Å². The molecule has 2 aromatic rings. The third-order valence-electron chi connectivity index (χ3n) is 2.02. The van der Waals surface area contributed by atoms with E-state index in [9.17, 15) is 4.79 Å². The number of carbonyl (C=O) groups is 1. The van der Waals surface area contributed by atoms with Crippen molar-refractivity contribution in [3.05, 3.63) is 41.8 Å². The Kier molecular flexibility index (Phi) is 3.87. The van der Waals surface area contributed by atoms with E-state index in [-0.39, 0.29) is 25.1 Å². The molecular formula is C11H11N3O4. The maximum absolute atomic E-state index is 11.4. The van der Waals surface area contributed by atoms with Crippen molar-refractivity contribution in [1.82, 2.24) is 10.2 Å². The fourth-order valence-electron chi connectivity index (χ4n) is 1.21. The molecule has 0 aliphatic rings. The van der Waals surface area contributed by atoms with Crippen molar-refractivity contribution in [1.29, 1.82) is 0 Å². The summed E-state index contributed by atoms with van der Waals surface area (Å²) in [5.41, 5.74) is 0.870. The molecule has 0 unspecified atom stereocenters. The summed E-state index contributed by atoms with van der Waals surface area (Å²) in [4.78, 5) is 11.4. The molecule has 0 spiro atoms. The van der Waals surface area contributed by atoms with E-state index in [1.807, 2.05) is 30.3 Å². The van der Waals surface area contributed by atoms with Crippen molar-refractivity contribution in [2.45, 2.75) is 13.2 Å². The van der Waals surface area contributed by atoms with Gasteiger partial charge in [0.25, 0.3) is 0 Å². The van der Waals surface area contributed by atoms with Gasteiger partial charge in [-0.05, 0) is 5.56 Å². The monoisotopic (exact) mass is 249 g/mol. The van der Waals surface area contributed by atoms with Crippen molar-refractivity contribution < 1.29 is 19.1 Å². The van der Waals surface area contributed by atoms with Gasteiger partial charge in [-0.25, -0.2) is 10.1 Å². The van der Waals surface area contributed by atoms with Gasteiger partial charge in [0.05, 0.1) is 0 Å². The van der Waals surface area contributed by atoms with Gasteiger partial charge in [-0.15, -0.1) is 5.10 Å². The van der Waals surface area contributed by atoms with Crippen LogP contribution < -0.4 is 5.32 Å². The van der Waals surface area contributed by atoms with E-state index in [1.165, 1.54) is 0 Å². The molecule has 0 saturated carbocycles. The summed E-state index contributed by atoms with van der Waals surface area (Å²) < 4.78 is 9.81. The lowest BCUT2D eigenvalue weighted by Crippen LogP contribution is -2.13. The summed E-state index contributed by atoms with van der Waals surface area (Å²) in [5.74, 6) is 0.0216. The molecule has 1 amide bonds. The van der Waals surface area contributed by atoms with Crippen LogP contribution in [-0.2, 0) is 18.0 Å². The Bertz CT molecular complexity index is 512. The van der Waals surface area contributed by atoms with Gasteiger partial charge in [-0.2, -0.15) is 0 Å². The second-order valence-electron chi connectivity index (χ2n) is 3.35. The zero-order valence-electron chi connectivity index (χ0n) is 9.37. The van der Waals surface area contributed by atoms with E-state index in [4.69, 9.17) is 14.3 Å². The normalized spacial score (nSPS) is 10.1. The number of aromatic nitrogens is 2. The van der Waals surface area contributed by atoms with Gasteiger partial charge in [0.2, 0.25) is 5.89 Å². The molecule has 0 radical (unpaired) electrons. The van der Waals surface area contributed by atoms with Crippen molar-refractivity contribution >= 4 is 12.1 Å². The number of rotatable bonds is 4. The zero-order chi connectivity index (χ0) is 12.8. The number of nitrogens with zero attached hydrogens (tertiary/aromatic N) is 2. The second kappa shape index (κ2) is 5.78. The maximum Gasteiger partial charge on any atom is 0.415 e. The summed E-state index contributed by atoms with van der Waals surface area (Å²) in [5, 5.41) is 17.9. The Morgan fingerprint density at radius 1 is 1.33 bits per heavy atom. The van der Waals surface area contributed by atoms with Crippen LogP contribution in [0.2, 0.25) is 0 Å². The average Bonchev–Trinajstić information content (AvgIpc) is 2.85. The van der Waals surface area contributed by atoms with E-state index in [1.54, 1.807) is 0 Å². The fourth-order valence-corrected chi connectivity index (χ4v) is 1.21. The standard InChI is InChI=1S/C11H11N3O4/c15-6-9-13-14-10(18-9)12-11(16)17-7-8-4-2-1-3-5-8/h1-5,15H,6-7H2,(H,12,14,16). The molecule has 18 heavy (non-hydrogen) atoms. The number of carbonyl (C=O) groups excluding carboxylic acids is 1. The number of nitrogens with one attached hydrogen (secondary N) is 1. The van der Waals surface area contributed by atoms with Gasteiger partial charge in [0.15, 0.2) is 0 Å². The molecule has 94 valence electrons. The predicted molar refractivity (Wildman–Crippen MR) is 60.5 cm³/mol. The molecular weight excluding hydrogens is 238 g/mol. The first kappa shape index (κ1) is 12.1. The van der Waals surface area contributed by atoms with E-state index in [2.05, 4.69) is 15.5 Å². The number of amides is 1. The fraction of sp³-hybridized carbons (Fsp3) is 0.182. The SMILES string of the molecule is O=C(Nc1nnc(CO)o1)OCc1ccccc1. The molecule has 0 aliphatic carbocycles. The van der Waals surface area contributed by atoms with E-state index >= 15 is 0 Å². The molecule has 0 atom stereocenters. The summed E-state index contributed by atoms with van der Waals surface area (Å²) >= 11 is 0. The Labute approximate surface area is 102 Å². The number of aliphatic hydroxyl groups excluding tert-OH is 1. The third-order valence-corrected chi connectivity index (χ3v) is 2.02. The highest BCUT2D eigenvalue weighted by atomic mass is 16.6. The van der Waals surface area contributed by atoms with Crippen LogP contribution in [0.1, 0.15) is 11.5 Å². The smallest absolute Gasteiger partial charge is 0.415 e. The van der Waals surface area contributed by atoms with E-state index in [0.717, 1.165) is 5.56 Å². The minimum absolute atomic E-state index is 0.0216. The summed E-state index contributed by atoms with van der Waals surface area (Å²) in [6.07, 6.45) is -0.702. The lowest BCUT2D eigenvalue weighted by atomic mass is 10.2. The zero-order valence-corrected chi connectivity index (χ0v) is 9.37. The minimum atomic E-state index is -0.702. The average molecular weight is 249 g/mol. The topological polar surface area (TPSA) is 97.5 Å². The number of hydrogen-bond donors (Lipinski definition) is 2. The number of aliphatic hydroxyl groups is 1. The first-order valence-corrected chi connectivity index (χ1v) is 5.19. The highest BCUT2D eigenvalue weighted by molar-refractivity contribution is 5.81. The van der Waals surface area contributed by atoms with Crippen LogP contribution in [0.4, 0.5) is 10.8 Å². The highest BCUT2D eigenvalue weighted by Crippen LogP contribution is 2.06. The molecule has 7 heteroatoms. The summed E-state index contributed by atoms with van der Waals surface area (Å²) in [7, 11) is 0. The molecule has 0 aliphatic heterocycles. The van der Waals surface area contributed by atoms with Crippen LogP contribution in [0.25, 0.3) is 0 Å². The Morgan fingerprint density at radius 2 is 2.11 bits per heavy atom. The Balaban J connectivity index is 1.82. The first-order valence-electron chi connectivity index (χ1n) is 5.19. The van der Waals surface area contributed by atoms with Crippen molar-refractivity contribution in [2.75, 3.05) is 5.32 Å². The van der Waals surface area contributed by atoms with Gasteiger partial charge in [-0.1, -0.05) is 35.4 Å². The van der Waals surface area contributed by atoms with Crippen molar-refractivity contribution in [3.8, 4) is 0 Å². The van der Waals surface area contributed by atoms with Crippen LogP contribution in [0.5, 0.6) is 0 Å². The quantitative estimate of drug-likeness (QED) is 0.847. The predicted octanol–water partition coefficient (Wildman–Crippen LogP) is 1.31. The van der Waals surface area contributed by atoms with Crippen LogP contribution in [0.15, 0.2) is 34.7 Å². The number of ether oxygens (including phenoxy) is 1. The van der Waals surface area contributed by atoms with Gasteiger partial charge >= 0.3 is 12.1 Å². The van der Waals surface area contributed by atoms with E-state index < -0.39 is 6.09 Å². The molecule has 7 nitrogen and oxygen atoms in total. The second-order valence-corrected chi connectivity index (χ2v) is 3.35. The third kappa shape index (κ3) is 3.29. The van der Waals surface area contributed by atoms with Crippen molar-refractivity contribution in [2.24, 2.45) is 0 Å². The molecule has 1 aromatic carbocycles. The molecule has 0 saturated heterocycles. The molecule has 2 N–H and O–H groups in total. The molecule has 0 fully saturated rings. The Morgan fingerprint density at radius 3 is 2.78 bits per heavy atom. The maximum atomic E-state index is 11.4. The molecule has 1 heterocycles. The van der Waals surface area contributed by atoms with Crippen molar-refractivity contribution in [3.63, 3.8) is 0 Å².